The van der Waals surface area contributed by atoms with Crippen LogP contribution in [0.1, 0.15) is 40.0 Å². The molecule has 0 spiro atoms. The maximum absolute atomic E-state index is 12.1. The molecule has 0 aromatic heterocycles. The van der Waals surface area contributed by atoms with Gasteiger partial charge in [-0.3, -0.25) is 4.79 Å². The summed E-state index contributed by atoms with van der Waals surface area (Å²) in [6.07, 6.45) is 2.37. The molecular weight excluding hydrogens is 204 g/mol. The quantitative estimate of drug-likeness (QED) is 0.693. The van der Waals surface area contributed by atoms with Gasteiger partial charge in [-0.05, 0) is 51.5 Å². The molecule has 1 saturated carbocycles. The molecule has 90 valence electrons. The first-order chi connectivity index (χ1) is 7.50. The van der Waals surface area contributed by atoms with Gasteiger partial charge in [-0.2, -0.15) is 0 Å². The van der Waals surface area contributed by atoms with Crippen LogP contribution in [0.2, 0.25) is 0 Å². The third kappa shape index (κ3) is 1.88. The fraction of sp³-hybridized carbons (Fsp3) is 0.769. The Morgan fingerprint density at radius 2 is 2.12 bits per heavy atom. The highest BCUT2D eigenvalue weighted by molar-refractivity contribution is 5.98. The van der Waals surface area contributed by atoms with Gasteiger partial charge in [0.25, 0.3) is 0 Å². The fourth-order valence-corrected chi connectivity index (χ4v) is 2.77. The van der Waals surface area contributed by atoms with Crippen LogP contribution in [0.4, 0.5) is 0 Å². The summed E-state index contributed by atoms with van der Waals surface area (Å²) in [6.45, 7) is 5.64. The van der Waals surface area contributed by atoms with E-state index in [0.717, 1.165) is 24.8 Å². The lowest BCUT2D eigenvalue weighted by molar-refractivity contribution is -0.119. The molecule has 1 aliphatic carbocycles. The number of ketones is 1. The Kier molecular flexibility index (Phi) is 3.06. The van der Waals surface area contributed by atoms with E-state index in [0.29, 0.717) is 5.76 Å². The molecule has 2 fully saturated rings. The van der Waals surface area contributed by atoms with Crippen molar-refractivity contribution in [1.82, 2.24) is 0 Å². The zero-order chi connectivity index (χ0) is 11.9. The van der Waals surface area contributed by atoms with Crippen molar-refractivity contribution in [3.8, 4) is 0 Å². The minimum absolute atomic E-state index is 0.0155. The van der Waals surface area contributed by atoms with Crippen molar-refractivity contribution in [2.24, 2.45) is 11.8 Å². The molecule has 1 N–H and O–H groups in total. The van der Waals surface area contributed by atoms with E-state index >= 15 is 0 Å². The first kappa shape index (κ1) is 11.6. The van der Waals surface area contributed by atoms with Crippen LogP contribution < -0.4 is 0 Å². The Labute approximate surface area is 96.5 Å². The van der Waals surface area contributed by atoms with Crippen molar-refractivity contribution in [3.63, 3.8) is 0 Å². The summed E-state index contributed by atoms with van der Waals surface area (Å²) in [4.78, 5) is 12.1. The van der Waals surface area contributed by atoms with Gasteiger partial charge in [0.1, 0.15) is 6.10 Å². The normalized spacial score (nSPS) is 35.6. The second kappa shape index (κ2) is 4.21. The molecule has 1 aliphatic heterocycles. The van der Waals surface area contributed by atoms with Crippen LogP contribution in [0.3, 0.4) is 0 Å². The SMILES string of the molecule is CC(C)=C1OC2CCC([C@H](C)O)CC2C1=O. The molecule has 0 amide bonds. The highest BCUT2D eigenvalue weighted by Crippen LogP contribution is 2.41. The number of hydrogen-bond donors (Lipinski definition) is 1. The predicted molar refractivity (Wildman–Crippen MR) is 60.8 cm³/mol. The minimum Gasteiger partial charge on any atom is -0.486 e. The Balaban J connectivity index is 2.15. The molecule has 0 radical (unpaired) electrons. The molecule has 1 heterocycles. The van der Waals surface area contributed by atoms with E-state index in [2.05, 4.69) is 0 Å². The average molecular weight is 224 g/mol. The minimum atomic E-state index is -0.315. The highest BCUT2D eigenvalue weighted by Gasteiger charge is 2.45. The smallest absolute Gasteiger partial charge is 0.204 e. The van der Waals surface area contributed by atoms with Gasteiger partial charge in [0, 0.05) is 0 Å². The number of fused-ring (bicyclic) bond motifs is 1. The lowest BCUT2D eigenvalue weighted by Gasteiger charge is -2.30. The number of ether oxygens (including phenoxy) is 1. The zero-order valence-electron chi connectivity index (χ0n) is 10.2. The molecule has 2 aliphatic rings. The summed E-state index contributed by atoms with van der Waals surface area (Å²) in [7, 11) is 0. The van der Waals surface area contributed by atoms with Gasteiger partial charge in [-0.15, -0.1) is 0 Å². The number of carbonyl (C=O) groups excluding carboxylic acids is 1. The van der Waals surface area contributed by atoms with Crippen LogP contribution in [0.5, 0.6) is 0 Å². The molecule has 0 aromatic rings. The Morgan fingerprint density at radius 3 is 2.69 bits per heavy atom. The highest BCUT2D eigenvalue weighted by atomic mass is 16.5. The number of aliphatic hydroxyl groups excluding tert-OH is 1. The number of Topliss-reactive ketones (excluding diaryl/α,β-unsaturated/α-hetero) is 1. The largest absolute Gasteiger partial charge is 0.486 e. The van der Waals surface area contributed by atoms with Crippen molar-refractivity contribution in [2.75, 3.05) is 0 Å². The summed E-state index contributed by atoms with van der Waals surface area (Å²) >= 11 is 0. The lowest BCUT2D eigenvalue weighted by atomic mass is 9.76. The summed E-state index contributed by atoms with van der Waals surface area (Å²) in [5, 5.41) is 9.59. The maximum Gasteiger partial charge on any atom is 0.204 e. The molecule has 3 unspecified atom stereocenters. The number of aliphatic hydroxyl groups is 1. The molecule has 0 aromatic carbocycles. The van der Waals surface area contributed by atoms with E-state index in [-0.39, 0.29) is 29.8 Å². The second-order valence-electron chi connectivity index (χ2n) is 5.27. The third-order valence-electron chi connectivity index (χ3n) is 3.79. The predicted octanol–water partition coefficient (Wildman–Crippen LogP) is 2.05. The first-order valence-corrected chi connectivity index (χ1v) is 6.07. The van der Waals surface area contributed by atoms with Crippen molar-refractivity contribution in [2.45, 2.75) is 52.2 Å². The van der Waals surface area contributed by atoms with Crippen LogP contribution in [0.25, 0.3) is 0 Å². The Bertz CT molecular complexity index is 326. The van der Waals surface area contributed by atoms with Gasteiger partial charge in [0.15, 0.2) is 5.76 Å². The van der Waals surface area contributed by atoms with Crippen LogP contribution in [-0.4, -0.2) is 23.1 Å². The topological polar surface area (TPSA) is 46.5 Å². The molecule has 4 atom stereocenters. The fourth-order valence-electron chi connectivity index (χ4n) is 2.77. The summed E-state index contributed by atoms with van der Waals surface area (Å²) < 4.78 is 5.72. The number of hydrogen-bond acceptors (Lipinski definition) is 3. The van der Waals surface area contributed by atoms with Crippen molar-refractivity contribution < 1.29 is 14.6 Å². The Morgan fingerprint density at radius 1 is 1.44 bits per heavy atom. The molecule has 3 heteroatoms. The van der Waals surface area contributed by atoms with Crippen LogP contribution in [-0.2, 0) is 9.53 Å². The van der Waals surface area contributed by atoms with E-state index < -0.39 is 0 Å². The molecule has 1 saturated heterocycles. The van der Waals surface area contributed by atoms with Crippen molar-refractivity contribution in [1.29, 1.82) is 0 Å². The van der Waals surface area contributed by atoms with E-state index in [1.807, 2.05) is 20.8 Å². The standard InChI is InChI=1S/C13H20O3/c1-7(2)13-12(15)10-6-9(8(3)14)4-5-11(10)16-13/h8-11,14H,4-6H2,1-3H3/t8-,9?,10?,11?/m0/s1. The van der Waals surface area contributed by atoms with E-state index in [1.165, 1.54) is 0 Å². The van der Waals surface area contributed by atoms with Gasteiger partial charge >= 0.3 is 0 Å². The average Bonchev–Trinajstić information content (AvgIpc) is 2.56. The van der Waals surface area contributed by atoms with Gasteiger partial charge < -0.3 is 9.84 Å². The number of rotatable bonds is 1. The summed E-state index contributed by atoms with van der Waals surface area (Å²) in [6, 6.07) is 0. The lowest BCUT2D eigenvalue weighted by Crippen LogP contribution is -2.33. The van der Waals surface area contributed by atoms with Crippen LogP contribution >= 0.6 is 0 Å². The first-order valence-electron chi connectivity index (χ1n) is 6.07. The maximum atomic E-state index is 12.1. The van der Waals surface area contributed by atoms with Gasteiger partial charge in [-0.25, -0.2) is 0 Å². The van der Waals surface area contributed by atoms with Gasteiger partial charge in [-0.1, -0.05) is 0 Å². The third-order valence-corrected chi connectivity index (χ3v) is 3.79. The summed E-state index contributed by atoms with van der Waals surface area (Å²) in [5.41, 5.74) is 0.966. The van der Waals surface area contributed by atoms with E-state index in [9.17, 15) is 9.90 Å². The van der Waals surface area contributed by atoms with Gasteiger partial charge in [0.05, 0.1) is 12.0 Å². The molecular formula is C13H20O3. The van der Waals surface area contributed by atoms with Gasteiger partial charge in [0.2, 0.25) is 5.78 Å². The monoisotopic (exact) mass is 224 g/mol. The molecule has 0 bridgehead atoms. The Hall–Kier alpha value is -0.830. The van der Waals surface area contributed by atoms with E-state index in [4.69, 9.17) is 4.74 Å². The molecule has 16 heavy (non-hydrogen) atoms. The second-order valence-corrected chi connectivity index (χ2v) is 5.27. The van der Waals surface area contributed by atoms with E-state index in [1.54, 1.807) is 0 Å². The van der Waals surface area contributed by atoms with Crippen LogP contribution in [0.15, 0.2) is 11.3 Å². The molecule has 2 rings (SSSR count). The van der Waals surface area contributed by atoms with Crippen molar-refractivity contribution in [3.05, 3.63) is 11.3 Å². The number of allylic oxidation sites excluding steroid dienone is 2. The van der Waals surface area contributed by atoms with Crippen molar-refractivity contribution >= 4 is 5.78 Å². The number of carbonyl (C=O) groups is 1. The molecule has 3 nitrogen and oxygen atoms in total. The zero-order valence-corrected chi connectivity index (χ0v) is 10.2. The summed E-state index contributed by atoms with van der Waals surface area (Å²) in [5.74, 6) is 0.958. The van der Waals surface area contributed by atoms with Crippen LogP contribution in [0, 0.1) is 11.8 Å².